The molecule has 0 atom stereocenters. The Bertz CT molecular complexity index is 1230. The van der Waals surface area contributed by atoms with Crippen LogP contribution in [0.4, 0.5) is 11.4 Å². The predicted molar refractivity (Wildman–Crippen MR) is 115 cm³/mol. The van der Waals surface area contributed by atoms with Crippen LogP contribution in [-0.4, -0.2) is 14.5 Å². The van der Waals surface area contributed by atoms with Gasteiger partial charge in [-0.15, -0.1) is 0 Å². The summed E-state index contributed by atoms with van der Waals surface area (Å²) in [5.74, 6) is 0. The van der Waals surface area contributed by atoms with E-state index in [-0.39, 0.29) is 16.6 Å². The molecule has 1 fully saturated rings. The molecule has 29 heavy (non-hydrogen) atoms. The normalized spacial score (nSPS) is 15.0. The van der Waals surface area contributed by atoms with E-state index >= 15 is 0 Å². The van der Waals surface area contributed by atoms with E-state index in [0.29, 0.717) is 16.7 Å². The number of rotatable bonds is 5. The van der Waals surface area contributed by atoms with Gasteiger partial charge in [0.25, 0.3) is 10.0 Å². The first kappa shape index (κ1) is 19.5. The van der Waals surface area contributed by atoms with Crippen molar-refractivity contribution in [3.63, 3.8) is 0 Å². The average Bonchev–Trinajstić information content (AvgIpc) is 3.20. The first-order valence-electron chi connectivity index (χ1n) is 9.77. The summed E-state index contributed by atoms with van der Waals surface area (Å²) in [6, 6.07) is 12.2. The Labute approximate surface area is 170 Å². The summed E-state index contributed by atoms with van der Waals surface area (Å²) in [6.45, 7) is 3.77. The molecule has 0 unspecified atom stereocenters. The number of para-hydroxylation sites is 1. The van der Waals surface area contributed by atoms with Crippen LogP contribution >= 0.6 is 0 Å². The second-order valence-electron chi connectivity index (χ2n) is 7.61. The van der Waals surface area contributed by atoms with Crippen molar-refractivity contribution in [2.24, 2.45) is 0 Å². The number of benzene rings is 2. The molecule has 0 amide bonds. The number of aryl methyl sites for hydroxylation is 2. The van der Waals surface area contributed by atoms with Gasteiger partial charge in [0.05, 0.1) is 10.6 Å². The fourth-order valence-corrected chi connectivity index (χ4v) is 4.89. The molecule has 1 saturated carbocycles. The van der Waals surface area contributed by atoms with E-state index in [2.05, 4.69) is 10.0 Å². The molecule has 1 heterocycles. The quantitative estimate of drug-likeness (QED) is 0.600. The molecular formula is C22H24N2O4S. The van der Waals surface area contributed by atoms with E-state index < -0.39 is 15.6 Å². The molecule has 0 spiro atoms. The zero-order valence-electron chi connectivity index (χ0n) is 16.5. The third-order valence-electron chi connectivity index (χ3n) is 5.54. The summed E-state index contributed by atoms with van der Waals surface area (Å²) < 4.78 is 33.9. The highest BCUT2D eigenvalue weighted by atomic mass is 32.2. The van der Waals surface area contributed by atoms with E-state index in [0.717, 1.165) is 36.8 Å². The molecule has 0 bridgehead atoms. The molecule has 4 rings (SSSR count). The van der Waals surface area contributed by atoms with Crippen molar-refractivity contribution in [3.05, 3.63) is 64.0 Å². The summed E-state index contributed by atoms with van der Waals surface area (Å²) >= 11 is 0. The van der Waals surface area contributed by atoms with E-state index in [1.54, 1.807) is 24.3 Å². The van der Waals surface area contributed by atoms with Crippen LogP contribution in [0.5, 0.6) is 0 Å². The fraction of sp³-hybridized carbons (Fsp3) is 0.318. The molecule has 3 aromatic rings. The highest BCUT2D eigenvalue weighted by Gasteiger charge is 2.24. The van der Waals surface area contributed by atoms with E-state index in [1.807, 2.05) is 26.0 Å². The van der Waals surface area contributed by atoms with Gasteiger partial charge < -0.3 is 9.73 Å². The minimum atomic E-state index is -3.95. The molecule has 6 nitrogen and oxygen atoms in total. The molecule has 0 radical (unpaired) electrons. The second kappa shape index (κ2) is 7.55. The molecule has 0 saturated heterocycles. The van der Waals surface area contributed by atoms with Gasteiger partial charge in [0.15, 0.2) is 5.69 Å². The second-order valence-corrected chi connectivity index (χ2v) is 9.30. The maximum absolute atomic E-state index is 13.0. The van der Waals surface area contributed by atoms with Gasteiger partial charge in [-0.25, -0.2) is 13.2 Å². The largest absolute Gasteiger partial charge is 0.421 e. The molecule has 2 aromatic carbocycles. The van der Waals surface area contributed by atoms with Crippen LogP contribution in [0, 0.1) is 13.8 Å². The molecule has 2 N–H and O–H groups in total. The number of nitrogens with one attached hydrogen (secondary N) is 2. The lowest BCUT2D eigenvalue weighted by Crippen LogP contribution is -2.23. The number of hydrogen-bond acceptors (Lipinski definition) is 5. The molecule has 0 aliphatic heterocycles. The highest BCUT2D eigenvalue weighted by molar-refractivity contribution is 7.92. The molecule has 1 aromatic heterocycles. The van der Waals surface area contributed by atoms with Gasteiger partial charge in [-0.1, -0.05) is 31.0 Å². The Hall–Kier alpha value is -2.80. The molecule has 7 heteroatoms. The Morgan fingerprint density at radius 2 is 1.69 bits per heavy atom. The first-order chi connectivity index (χ1) is 13.8. The third kappa shape index (κ3) is 3.87. The lowest BCUT2D eigenvalue weighted by Gasteiger charge is -2.19. The van der Waals surface area contributed by atoms with Gasteiger partial charge in [-0.3, -0.25) is 4.72 Å². The van der Waals surface area contributed by atoms with Crippen molar-refractivity contribution in [3.8, 4) is 0 Å². The minimum absolute atomic E-state index is 0.0752. The fourth-order valence-electron chi connectivity index (χ4n) is 3.74. The number of anilines is 2. The van der Waals surface area contributed by atoms with Crippen LogP contribution < -0.4 is 15.7 Å². The summed E-state index contributed by atoms with van der Waals surface area (Å²) in [7, 11) is -3.95. The summed E-state index contributed by atoms with van der Waals surface area (Å²) in [5.41, 5.74) is 1.98. The van der Waals surface area contributed by atoms with Gasteiger partial charge >= 0.3 is 5.63 Å². The molecule has 152 valence electrons. The van der Waals surface area contributed by atoms with Gasteiger partial charge in [0.1, 0.15) is 5.58 Å². The van der Waals surface area contributed by atoms with Crippen molar-refractivity contribution >= 4 is 32.4 Å². The van der Waals surface area contributed by atoms with Crippen LogP contribution in [0.3, 0.4) is 0 Å². The average molecular weight is 413 g/mol. The van der Waals surface area contributed by atoms with Crippen molar-refractivity contribution in [1.82, 2.24) is 0 Å². The van der Waals surface area contributed by atoms with Crippen molar-refractivity contribution in [1.29, 1.82) is 0 Å². The maximum Gasteiger partial charge on any atom is 0.363 e. The van der Waals surface area contributed by atoms with E-state index in [1.165, 1.54) is 6.07 Å². The molecule has 1 aliphatic rings. The van der Waals surface area contributed by atoms with Crippen LogP contribution in [0.25, 0.3) is 11.0 Å². The smallest absolute Gasteiger partial charge is 0.363 e. The third-order valence-corrected chi connectivity index (χ3v) is 6.89. The predicted octanol–water partition coefficient (Wildman–Crippen LogP) is 4.57. The lowest BCUT2D eigenvalue weighted by molar-refractivity contribution is 0.562. The van der Waals surface area contributed by atoms with Gasteiger partial charge in [-0.05, 0) is 62.1 Å². The zero-order valence-corrected chi connectivity index (χ0v) is 17.3. The lowest BCUT2D eigenvalue weighted by atomic mass is 10.1. The maximum atomic E-state index is 13.0. The summed E-state index contributed by atoms with van der Waals surface area (Å²) in [5, 5.41) is 4.08. The SMILES string of the molecule is Cc1ccc(S(=O)(=O)Nc2c(NC3CCCC3)c3ccccc3oc2=O)cc1C. The van der Waals surface area contributed by atoms with Gasteiger partial charge in [0, 0.05) is 11.4 Å². The van der Waals surface area contributed by atoms with Crippen molar-refractivity contribution in [2.45, 2.75) is 50.5 Å². The van der Waals surface area contributed by atoms with Gasteiger partial charge in [-0.2, -0.15) is 0 Å². The number of hydrogen-bond donors (Lipinski definition) is 2. The van der Waals surface area contributed by atoms with E-state index in [9.17, 15) is 13.2 Å². The molecular weight excluding hydrogens is 388 g/mol. The minimum Gasteiger partial charge on any atom is -0.421 e. The first-order valence-corrected chi connectivity index (χ1v) is 11.3. The topological polar surface area (TPSA) is 88.4 Å². The van der Waals surface area contributed by atoms with Crippen LogP contribution in [0.1, 0.15) is 36.8 Å². The molecule has 1 aliphatic carbocycles. The Balaban J connectivity index is 1.82. The number of fused-ring (bicyclic) bond motifs is 1. The highest BCUT2D eigenvalue weighted by Crippen LogP contribution is 2.33. The van der Waals surface area contributed by atoms with Crippen LogP contribution in [0.2, 0.25) is 0 Å². The monoisotopic (exact) mass is 412 g/mol. The van der Waals surface area contributed by atoms with Crippen LogP contribution in [0.15, 0.2) is 56.6 Å². The Morgan fingerprint density at radius 1 is 0.966 bits per heavy atom. The summed E-state index contributed by atoms with van der Waals surface area (Å²) in [4.78, 5) is 12.8. The standard InChI is InChI=1S/C22H24N2O4S/c1-14-11-12-17(13-15(14)2)29(26,27)24-21-20(23-16-7-3-4-8-16)18-9-5-6-10-19(18)28-22(21)25/h5-6,9-13,16,23-24H,3-4,7-8H2,1-2H3. The Morgan fingerprint density at radius 3 is 2.41 bits per heavy atom. The Kier molecular flexibility index (Phi) is 5.08. The van der Waals surface area contributed by atoms with Crippen LogP contribution in [-0.2, 0) is 10.0 Å². The summed E-state index contributed by atoms with van der Waals surface area (Å²) in [6.07, 6.45) is 4.19. The van der Waals surface area contributed by atoms with E-state index in [4.69, 9.17) is 4.42 Å². The van der Waals surface area contributed by atoms with Crippen molar-refractivity contribution < 1.29 is 12.8 Å². The number of sulfonamides is 1. The van der Waals surface area contributed by atoms with Crippen molar-refractivity contribution in [2.75, 3.05) is 10.0 Å². The zero-order chi connectivity index (χ0) is 20.6. The van der Waals surface area contributed by atoms with Gasteiger partial charge in [0.2, 0.25) is 0 Å².